The Morgan fingerprint density at radius 3 is 2.71 bits per heavy atom. The van der Waals surface area contributed by atoms with E-state index in [4.69, 9.17) is 4.74 Å². The van der Waals surface area contributed by atoms with Crippen molar-refractivity contribution in [1.29, 1.82) is 0 Å². The summed E-state index contributed by atoms with van der Waals surface area (Å²) in [6.45, 7) is 5.09. The van der Waals surface area contributed by atoms with E-state index < -0.39 is 4.92 Å². The van der Waals surface area contributed by atoms with Crippen LogP contribution in [0.2, 0.25) is 0 Å². The average molecular weight is 401 g/mol. The second-order valence-electron chi connectivity index (χ2n) is 5.88. The molecule has 2 heterocycles. The molecule has 3 aromatic rings. The Bertz CT molecular complexity index is 1040. The van der Waals surface area contributed by atoms with E-state index in [1.165, 1.54) is 11.8 Å². The Kier molecular flexibility index (Phi) is 5.73. The van der Waals surface area contributed by atoms with Crippen molar-refractivity contribution in [3.05, 3.63) is 57.2 Å². The van der Waals surface area contributed by atoms with E-state index in [0.717, 1.165) is 5.56 Å². The monoisotopic (exact) mass is 401 g/mol. The smallest absolute Gasteiger partial charge is 0.312 e. The van der Waals surface area contributed by atoms with Gasteiger partial charge < -0.3 is 4.74 Å². The maximum absolute atomic E-state index is 11.1. The summed E-state index contributed by atoms with van der Waals surface area (Å²) in [7, 11) is 1.60. The number of rotatable bonds is 7. The SMILES string of the molecule is COc1ccccc1/C=N/n1c(C)nnc1SCn1nc(C)c([N+](=O)[O-])c1C. The van der Waals surface area contributed by atoms with Gasteiger partial charge in [0.2, 0.25) is 5.16 Å². The molecule has 3 rings (SSSR count). The number of methoxy groups -OCH3 is 1. The van der Waals surface area contributed by atoms with Crippen LogP contribution in [0.5, 0.6) is 5.75 Å². The van der Waals surface area contributed by atoms with Crippen molar-refractivity contribution in [3.8, 4) is 5.75 Å². The van der Waals surface area contributed by atoms with Crippen molar-refractivity contribution in [2.45, 2.75) is 31.8 Å². The molecule has 0 bridgehead atoms. The van der Waals surface area contributed by atoms with Crippen LogP contribution >= 0.6 is 11.8 Å². The Morgan fingerprint density at radius 1 is 1.29 bits per heavy atom. The van der Waals surface area contributed by atoms with Crippen LogP contribution in [0.25, 0.3) is 0 Å². The van der Waals surface area contributed by atoms with E-state index in [0.29, 0.717) is 34.0 Å². The fourth-order valence-electron chi connectivity index (χ4n) is 2.65. The van der Waals surface area contributed by atoms with Gasteiger partial charge in [0.1, 0.15) is 17.1 Å². The Labute approximate surface area is 165 Å². The quantitative estimate of drug-likeness (QED) is 0.259. The second kappa shape index (κ2) is 8.21. The Morgan fingerprint density at radius 2 is 2.04 bits per heavy atom. The van der Waals surface area contributed by atoms with Crippen molar-refractivity contribution in [2.24, 2.45) is 5.10 Å². The van der Waals surface area contributed by atoms with Gasteiger partial charge in [-0.3, -0.25) is 14.8 Å². The molecule has 11 heteroatoms. The first-order valence-corrected chi connectivity index (χ1v) is 9.31. The number of ether oxygens (including phenoxy) is 1. The Balaban J connectivity index is 1.81. The molecule has 0 fully saturated rings. The number of hydrogen-bond donors (Lipinski definition) is 0. The van der Waals surface area contributed by atoms with Gasteiger partial charge in [-0.15, -0.1) is 10.2 Å². The lowest BCUT2D eigenvalue weighted by atomic mass is 10.2. The molecular weight excluding hydrogens is 382 g/mol. The summed E-state index contributed by atoms with van der Waals surface area (Å²) in [5, 5.41) is 28.6. The molecule has 1 aromatic carbocycles. The van der Waals surface area contributed by atoms with Crippen LogP contribution in [0.3, 0.4) is 0 Å². The molecule has 0 amide bonds. The van der Waals surface area contributed by atoms with Gasteiger partial charge in [0.15, 0.2) is 5.82 Å². The van der Waals surface area contributed by atoms with Crippen molar-refractivity contribution < 1.29 is 9.66 Å². The minimum atomic E-state index is -0.414. The van der Waals surface area contributed by atoms with Crippen LogP contribution in [-0.2, 0) is 5.88 Å². The van der Waals surface area contributed by atoms with Crippen LogP contribution < -0.4 is 4.74 Å². The lowest BCUT2D eigenvalue weighted by Crippen LogP contribution is -2.02. The van der Waals surface area contributed by atoms with Gasteiger partial charge in [0.05, 0.1) is 24.1 Å². The highest BCUT2D eigenvalue weighted by molar-refractivity contribution is 7.98. The highest BCUT2D eigenvalue weighted by atomic mass is 32.2. The van der Waals surface area contributed by atoms with E-state index in [-0.39, 0.29) is 5.69 Å². The zero-order valence-corrected chi connectivity index (χ0v) is 16.7. The predicted octanol–water partition coefficient (Wildman–Crippen LogP) is 2.95. The molecule has 0 N–H and O–H groups in total. The number of hydrogen-bond acceptors (Lipinski definition) is 8. The maximum atomic E-state index is 11.1. The molecule has 2 aromatic heterocycles. The summed E-state index contributed by atoms with van der Waals surface area (Å²) < 4.78 is 8.51. The summed E-state index contributed by atoms with van der Waals surface area (Å²) in [4.78, 5) is 10.7. The minimum Gasteiger partial charge on any atom is -0.496 e. The van der Waals surface area contributed by atoms with E-state index >= 15 is 0 Å². The summed E-state index contributed by atoms with van der Waals surface area (Å²) in [5.74, 6) is 1.68. The van der Waals surface area contributed by atoms with Crippen molar-refractivity contribution >= 4 is 23.7 Å². The van der Waals surface area contributed by atoms with E-state index in [1.807, 2.05) is 24.3 Å². The van der Waals surface area contributed by atoms with E-state index in [2.05, 4.69) is 20.4 Å². The van der Waals surface area contributed by atoms with Gasteiger partial charge in [-0.25, -0.2) is 0 Å². The molecular formula is C17H19N7O3S. The lowest BCUT2D eigenvalue weighted by molar-refractivity contribution is -0.386. The van der Waals surface area contributed by atoms with E-state index in [1.54, 1.807) is 43.5 Å². The summed E-state index contributed by atoms with van der Waals surface area (Å²) >= 11 is 1.34. The Hall–Kier alpha value is -3.21. The number of aromatic nitrogens is 5. The van der Waals surface area contributed by atoms with Crippen LogP contribution in [-0.4, -0.2) is 42.9 Å². The summed E-state index contributed by atoms with van der Waals surface area (Å²) in [6.07, 6.45) is 1.67. The van der Waals surface area contributed by atoms with Gasteiger partial charge >= 0.3 is 5.69 Å². The van der Waals surface area contributed by atoms with Crippen molar-refractivity contribution in [3.63, 3.8) is 0 Å². The molecule has 146 valence electrons. The normalized spacial score (nSPS) is 11.3. The van der Waals surface area contributed by atoms with Crippen LogP contribution in [0, 0.1) is 30.9 Å². The third-order valence-electron chi connectivity index (χ3n) is 4.06. The highest BCUT2D eigenvalue weighted by Gasteiger charge is 2.22. The van der Waals surface area contributed by atoms with Gasteiger partial charge in [-0.2, -0.15) is 14.9 Å². The summed E-state index contributed by atoms with van der Waals surface area (Å²) in [5.41, 5.74) is 1.74. The average Bonchev–Trinajstić information content (AvgIpc) is 3.16. The molecule has 0 saturated carbocycles. The van der Waals surface area contributed by atoms with Crippen LogP contribution in [0.1, 0.15) is 22.8 Å². The zero-order chi connectivity index (χ0) is 20.3. The summed E-state index contributed by atoms with van der Waals surface area (Å²) in [6, 6.07) is 7.53. The first-order valence-electron chi connectivity index (χ1n) is 8.33. The van der Waals surface area contributed by atoms with Gasteiger partial charge in [0, 0.05) is 5.56 Å². The molecule has 0 aliphatic carbocycles. The first-order chi connectivity index (χ1) is 13.4. The standard InChI is InChI=1S/C17H19N7O3S/c1-11-16(24(25)26)12(2)22(21-11)10-28-17-20-19-13(3)23(17)18-9-14-7-5-6-8-15(14)27-4/h5-9H,10H2,1-4H3/b18-9+. The fourth-order valence-corrected chi connectivity index (χ4v) is 3.54. The molecule has 10 nitrogen and oxygen atoms in total. The molecule has 0 unspecified atom stereocenters. The third-order valence-corrected chi connectivity index (χ3v) is 4.95. The molecule has 0 spiro atoms. The number of nitro groups is 1. The maximum Gasteiger partial charge on any atom is 0.312 e. The molecule has 0 saturated heterocycles. The molecule has 0 radical (unpaired) electrons. The molecule has 28 heavy (non-hydrogen) atoms. The van der Waals surface area contributed by atoms with Crippen molar-refractivity contribution in [2.75, 3.05) is 7.11 Å². The fraction of sp³-hybridized carbons (Fsp3) is 0.294. The largest absolute Gasteiger partial charge is 0.496 e. The number of nitrogens with zero attached hydrogens (tertiary/aromatic N) is 7. The molecule has 0 atom stereocenters. The van der Waals surface area contributed by atoms with Gasteiger partial charge in [0.25, 0.3) is 0 Å². The first kappa shape index (κ1) is 19.5. The van der Waals surface area contributed by atoms with Gasteiger partial charge in [-0.1, -0.05) is 23.9 Å². The number of para-hydroxylation sites is 1. The lowest BCUT2D eigenvalue weighted by Gasteiger charge is -2.05. The second-order valence-corrected chi connectivity index (χ2v) is 6.79. The number of thioether (sulfide) groups is 1. The predicted molar refractivity (Wildman–Crippen MR) is 105 cm³/mol. The van der Waals surface area contributed by atoms with Crippen molar-refractivity contribution in [1.82, 2.24) is 24.7 Å². The number of aryl methyl sites for hydroxylation is 2. The minimum absolute atomic E-state index is 0.0347. The molecule has 0 aliphatic rings. The van der Waals surface area contributed by atoms with Crippen LogP contribution in [0.4, 0.5) is 5.69 Å². The topological polar surface area (TPSA) is 113 Å². The van der Waals surface area contributed by atoms with Crippen LogP contribution in [0.15, 0.2) is 34.5 Å². The third kappa shape index (κ3) is 3.88. The van der Waals surface area contributed by atoms with Gasteiger partial charge in [-0.05, 0) is 32.9 Å². The van der Waals surface area contributed by atoms with E-state index in [9.17, 15) is 10.1 Å². The zero-order valence-electron chi connectivity index (χ0n) is 15.9. The number of benzene rings is 1. The molecule has 0 aliphatic heterocycles. The highest BCUT2D eigenvalue weighted by Crippen LogP contribution is 2.25.